The number of anilines is 3. The van der Waals surface area contributed by atoms with Gasteiger partial charge in [-0.2, -0.15) is 5.26 Å². The Labute approximate surface area is 120 Å². The van der Waals surface area contributed by atoms with Crippen LogP contribution in [-0.4, -0.2) is 8.42 Å². The molecule has 0 unspecified atom stereocenters. The summed E-state index contributed by atoms with van der Waals surface area (Å²) in [5.74, 6) is -0.691. The fourth-order valence-electron chi connectivity index (χ4n) is 1.71. The summed E-state index contributed by atoms with van der Waals surface area (Å²) in [6.45, 7) is 0. The number of nitrogens with zero attached hydrogens (tertiary/aromatic N) is 1. The molecule has 0 amide bonds. The normalized spacial score (nSPS) is 10.9. The van der Waals surface area contributed by atoms with Gasteiger partial charge in [-0.1, -0.05) is 6.07 Å². The van der Waals surface area contributed by atoms with E-state index in [1.165, 1.54) is 30.3 Å². The summed E-state index contributed by atoms with van der Waals surface area (Å²) in [5, 5.41) is 16.7. The lowest BCUT2D eigenvalue weighted by Crippen LogP contribution is -2.12. The molecule has 0 aromatic heterocycles. The zero-order valence-electron chi connectivity index (χ0n) is 10.7. The minimum absolute atomic E-state index is 0.144. The Hall–Kier alpha value is -2.63. The number of hydrogen-bond donors (Lipinski definition) is 3. The van der Waals surface area contributed by atoms with Crippen molar-refractivity contribution in [2.45, 2.75) is 4.90 Å². The Kier molecular flexibility index (Phi) is 3.80. The summed E-state index contributed by atoms with van der Waals surface area (Å²) >= 11 is 0. The molecule has 0 fully saturated rings. The standard InChI is InChI=1S/C13H11FN4O2S/c14-10-2-1-3-12(9(10)7-15)18-13-6-8(21(17,19)20)4-5-11(13)16/h1-6,18H,16H2,(H2,17,19,20). The van der Waals surface area contributed by atoms with Crippen molar-refractivity contribution in [2.24, 2.45) is 5.14 Å². The molecule has 0 bridgehead atoms. The number of halogens is 1. The summed E-state index contributed by atoms with van der Waals surface area (Å²) < 4.78 is 36.2. The molecule has 2 aromatic carbocycles. The maximum absolute atomic E-state index is 13.5. The quantitative estimate of drug-likeness (QED) is 0.744. The molecule has 0 saturated carbocycles. The number of primary sulfonamides is 1. The maximum atomic E-state index is 13.5. The molecule has 0 aliphatic carbocycles. The Morgan fingerprint density at radius 1 is 1.19 bits per heavy atom. The third-order valence-corrected chi connectivity index (χ3v) is 3.66. The van der Waals surface area contributed by atoms with Crippen LogP contribution in [0.15, 0.2) is 41.3 Å². The van der Waals surface area contributed by atoms with Gasteiger partial charge in [0.25, 0.3) is 0 Å². The van der Waals surface area contributed by atoms with Crippen molar-refractivity contribution < 1.29 is 12.8 Å². The molecule has 2 aromatic rings. The van der Waals surface area contributed by atoms with E-state index in [9.17, 15) is 12.8 Å². The summed E-state index contributed by atoms with van der Waals surface area (Å²) in [4.78, 5) is -0.144. The van der Waals surface area contributed by atoms with E-state index in [1.54, 1.807) is 6.07 Å². The average molecular weight is 306 g/mol. The van der Waals surface area contributed by atoms with E-state index in [0.717, 1.165) is 6.07 Å². The van der Waals surface area contributed by atoms with Crippen LogP contribution < -0.4 is 16.2 Å². The second-order valence-corrected chi connectivity index (χ2v) is 5.75. The number of hydrogen-bond acceptors (Lipinski definition) is 5. The SMILES string of the molecule is N#Cc1c(F)cccc1Nc1cc(S(N)(=O)=O)ccc1N. The first-order chi connectivity index (χ1) is 9.82. The number of benzene rings is 2. The van der Waals surface area contributed by atoms with E-state index in [2.05, 4.69) is 5.32 Å². The first kappa shape index (κ1) is 14.8. The van der Waals surface area contributed by atoms with Gasteiger partial charge in [-0.25, -0.2) is 17.9 Å². The number of sulfonamides is 1. The van der Waals surface area contributed by atoms with Crippen LogP contribution in [-0.2, 0) is 10.0 Å². The predicted molar refractivity (Wildman–Crippen MR) is 76.6 cm³/mol. The topological polar surface area (TPSA) is 122 Å². The number of nitriles is 1. The zero-order valence-corrected chi connectivity index (χ0v) is 11.5. The first-order valence-electron chi connectivity index (χ1n) is 5.71. The van der Waals surface area contributed by atoms with E-state index in [0.29, 0.717) is 0 Å². The number of nitrogens with two attached hydrogens (primary N) is 2. The zero-order chi connectivity index (χ0) is 15.6. The molecule has 0 spiro atoms. The van der Waals surface area contributed by atoms with Crippen LogP contribution in [0.3, 0.4) is 0 Å². The molecule has 0 heterocycles. The minimum Gasteiger partial charge on any atom is -0.397 e. The van der Waals surface area contributed by atoms with Gasteiger partial charge in [0.2, 0.25) is 10.0 Å². The van der Waals surface area contributed by atoms with Gasteiger partial charge in [-0.05, 0) is 30.3 Å². The fraction of sp³-hybridized carbons (Fsp3) is 0. The number of rotatable bonds is 3. The van der Waals surface area contributed by atoms with Crippen LogP contribution in [0.2, 0.25) is 0 Å². The van der Waals surface area contributed by atoms with Crippen LogP contribution in [0.4, 0.5) is 21.5 Å². The second-order valence-electron chi connectivity index (χ2n) is 4.19. The molecule has 0 aliphatic heterocycles. The molecule has 0 radical (unpaired) electrons. The van der Waals surface area contributed by atoms with Crippen LogP contribution >= 0.6 is 0 Å². The molecular weight excluding hydrogens is 295 g/mol. The molecule has 5 N–H and O–H groups in total. The summed E-state index contributed by atoms with van der Waals surface area (Å²) in [6.07, 6.45) is 0. The molecule has 0 saturated heterocycles. The molecule has 21 heavy (non-hydrogen) atoms. The van der Waals surface area contributed by atoms with Gasteiger partial charge in [-0.3, -0.25) is 0 Å². The molecule has 8 heteroatoms. The molecule has 108 valence electrons. The van der Waals surface area contributed by atoms with E-state index < -0.39 is 15.8 Å². The van der Waals surface area contributed by atoms with Crippen molar-refractivity contribution in [3.05, 3.63) is 47.8 Å². The van der Waals surface area contributed by atoms with Gasteiger partial charge >= 0.3 is 0 Å². The van der Waals surface area contributed by atoms with Gasteiger partial charge in [0.1, 0.15) is 17.4 Å². The Balaban J connectivity index is 2.50. The first-order valence-corrected chi connectivity index (χ1v) is 7.25. The van der Waals surface area contributed by atoms with E-state index in [4.69, 9.17) is 16.1 Å². The smallest absolute Gasteiger partial charge is 0.238 e. The lowest BCUT2D eigenvalue weighted by molar-refractivity contribution is 0.598. The highest BCUT2D eigenvalue weighted by atomic mass is 32.2. The molecule has 6 nitrogen and oxygen atoms in total. The van der Waals surface area contributed by atoms with Gasteiger partial charge < -0.3 is 11.1 Å². The average Bonchev–Trinajstić information content (AvgIpc) is 2.40. The van der Waals surface area contributed by atoms with Crippen LogP contribution in [0.1, 0.15) is 5.56 Å². The molecule has 0 aliphatic rings. The highest BCUT2D eigenvalue weighted by Crippen LogP contribution is 2.28. The number of nitrogens with one attached hydrogen (secondary N) is 1. The third-order valence-electron chi connectivity index (χ3n) is 2.75. The van der Waals surface area contributed by atoms with Crippen molar-refractivity contribution in [3.8, 4) is 6.07 Å². The monoisotopic (exact) mass is 306 g/mol. The van der Waals surface area contributed by atoms with E-state index >= 15 is 0 Å². The second kappa shape index (κ2) is 5.40. The molecule has 0 atom stereocenters. The van der Waals surface area contributed by atoms with Crippen molar-refractivity contribution in [1.82, 2.24) is 0 Å². The maximum Gasteiger partial charge on any atom is 0.238 e. The Bertz CT molecular complexity index is 844. The van der Waals surface area contributed by atoms with Crippen LogP contribution in [0.25, 0.3) is 0 Å². The van der Waals surface area contributed by atoms with Gasteiger partial charge in [0.05, 0.1) is 22.0 Å². The Morgan fingerprint density at radius 2 is 1.90 bits per heavy atom. The molecule has 2 rings (SSSR count). The summed E-state index contributed by atoms with van der Waals surface area (Å²) in [6, 6.07) is 9.60. The fourth-order valence-corrected chi connectivity index (χ4v) is 2.25. The highest BCUT2D eigenvalue weighted by Gasteiger charge is 2.13. The lowest BCUT2D eigenvalue weighted by Gasteiger charge is -2.12. The lowest BCUT2D eigenvalue weighted by atomic mass is 10.1. The van der Waals surface area contributed by atoms with Gasteiger partial charge in [0, 0.05) is 0 Å². The van der Waals surface area contributed by atoms with Crippen molar-refractivity contribution >= 4 is 27.1 Å². The van der Waals surface area contributed by atoms with Gasteiger partial charge in [0.15, 0.2) is 0 Å². The van der Waals surface area contributed by atoms with Crippen molar-refractivity contribution in [1.29, 1.82) is 5.26 Å². The Morgan fingerprint density at radius 3 is 2.52 bits per heavy atom. The third kappa shape index (κ3) is 3.10. The van der Waals surface area contributed by atoms with Crippen LogP contribution in [0, 0.1) is 17.1 Å². The van der Waals surface area contributed by atoms with E-state index in [1.807, 2.05) is 0 Å². The minimum atomic E-state index is -3.89. The molecular formula is C13H11FN4O2S. The van der Waals surface area contributed by atoms with Crippen molar-refractivity contribution in [3.63, 3.8) is 0 Å². The summed E-state index contributed by atoms with van der Waals surface area (Å²) in [7, 11) is -3.89. The largest absolute Gasteiger partial charge is 0.397 e. The van der Waals surface area contributed by atoms with E-state index in [-0.39, 0.29) is 27.5 Å². The highest BCUT2D eigenvalue weighted by molar-refractivity contribution is 7.89. The van der Waals surface area contributed by atoms with Crippen molar-refractivity contribution in [2.75, 3.05) is 11.1 Å². The number of nitrogen functional groups attached to an aromatic ring is 1. The predicted octanol–water partition coefficient (Wildman–Crippen LogP) is 1.67. The van der Waals surface area contributed by atoms with Crippen LogP contribution in [0.5, 0.6) is 0 Å². The van der Waals surface area contributed by atoms with Gasteiger partial charge in [-0.15, -0.1) is 0 Å². The summed E-state index contributed by atoms with van der Waals surface area (Å²) in [5.41, 5.74) is 6.16.